The second-order valence-electron chi connectivity index (χ2n) is 6.44. The summed E-state index contributed by atoms with van der Waals surface area (Å²) in [6.07, 6.45) is 6.95. The normalized spacial score (nSPS) is 21.9. The van der Waals surface area contributed by atoms with Crippen LogP contribution in [0.5, 0.6) is 0 Å². The van der Waals surface area contributed by atoms with Crippen molar-refractivity contribution in [2.75, 3.05) is 13.6 Å². The second-order valence-corrected chi connectivity index (χ2v) is 6.44. The van der Waals surface area contributed by atoms with E-state index in [9.17, 15) is 0 Å². The van der Waals surface area contributed by atoms with Crippen molar-refractivity contribution in [2.24, 2.45) is 5.41 Å². The van der Waals surface area contributed by atoms with Crippen molar-refractivity contribution in [1.29, 1.82) is 0 Å². The molecule has 0 heterocycles. The minimum Gasteiger partial charge on any atom is -0.301 e. The van der Waals surface area contributed by atoms with Crippen molar-refractivity contribution >= 4 is 0 Å². The molecule has 0 aromatic heterocycles. The van der Waals surface area contributed by atoms with E-state index < -0.39 is 0 Å². The fourth-order valence-corrected chi connectivity index (χ4v) is 2.29. The van der Waals surface area contributed by atoms with Crippen LogP contribution in [0.2, 0.25) is 0 Å². The van der Waals surface area contributed by atoms with Gasteiger partial charge in [-0.3, -0.25) is 0 Å². The monoisotopic (exact) mass is 197 g/mol. The van der Waals surface area contributed by atoms with Gasteiger partial charge in [0.2, 0.25) is 0 Å². The van der Waals surface area contributed by atoms with Crippen molar-refractivity contribution < 1.29 is 0 Å². The molecule has 1 heteroatoms. The lowest BCUT2D eigenvalue weighted by atomic mass is 9.90. The molecule has 1 aliphatic carbocycles. The zero-order chi connectivity index (χ0) is 10.8. The molecular weight excluding hydrogens is 170 g/mol. The first-order chi connectivity index (χ1) is 6.33. The first-order valence-electron chi connectivity index (χ1n) is 6.05. The third-order valence-corrected chi connectivity index (χ3v) is 3.80. The van der Waals surface area contributed by atoms with Crippen LogP contribution < -0.4 is 0 Å². The van der Waals surface area contributed by atoms with Crippen LogP contribution in [0, 0.1) is 5.41 Å². The van der Waals surface area contributed by atoms with Crippen LogP contribution in [0.1, 0.15) is 59.8 Å². The van der Waals surface area contributed by atoms with Crippen LogP contribution in [0.4, 0.5) is 0 Å². The van der Waals surface area contributed by atoms with Crippen molar-refractivity contribution in [1.82, 2.24) is 4.90 Å². The molecule has 1 nitrogen and oxygen atoms in total. The largest absolute Gasteiger partial charge is 0.301 e. The Hall–Kier alpha value is -0.0400. The molecule has 0 atom stereocenters. The van der Waals surface area contributed by atoms with Gasteiger partial charge < -0.3 is 4.90 Å². The maximum Gasteiger partial charge on any atom is 0.0178 e. The van der Waals surface area contributed by atoms with Gasteiger partial charge in [-0.15, -0.1) is 0 Å². The first kappa shape index (κ1) is 12.0. The molecule has 0 aromatic rings. The first-order valence-corrected chi connectivity index (χ1v) is 6.05. The van der Waals surface area contributed by atoms with Gasteiger partial charge in [-0.05, 0) is 45.2 Å². The third kappa shape index (κ3) is 3.27. The standard InChI is InChI=1S/C13H27N/c1-12(2,3)10-11-14(5)13(4)8-6-7-9-13/h6-11H2,1-5H3. The van der Waals surface area contributed by atoms with Gasteiger partial charge >= 0.3 is 0 Å². The summed E-state index contributed by atoms with van der Waals surface area (Å²) in [5.74, 6) is 0. The van der Waals surface area contributed by atoms with E-state index in [2.05, 4.69) is 39.6 Å². The lowest BCUT2D eigenvalue weighted by Gasteiger charge is -2.37. The molecule has 84 valence electrons. The van der Waals surface area contributed by atoms with Crippen molar-refractivity contribution in [3.63, 3.8) is 0 Å². The molecule has 14 heavy (non-hydrogen) atoms. The van der Waals surface area contributed by atoms with Crippen LogP contribution >= 0.6 is 0 Å². The molecule has 0 amide bonds. The smallest absolute Gasteiger partial charge is 0.0178 e. The molecule has 0 N–H and O–H groups in total. The average molecular weight is 197 g/mol. The fourth-order valence-electron chi connectivity index (χ4n) is 2.29. The van der Waals surface area contributed by atoms with Gasteiger partial charge in [0.1, 0.15) is 0 Å². The SMILES string of the molecule is CN(CCC(C)(C)C)C1(C)CCCC1. The Morgan fingerprint density at radius 1 is 1.14 bits per heavy atom. The molecule has 1 aliphatic rings. The van der Waals surface area contributed by atoms with E-state index in [1.807, 2.05) is 0 Å². The molecule has 1 rings (SSSR count). The van der Waals surface area contributed by atoms with Gasteiger partial charge in [0.05, 0.1) is 0 Å². The van der Waals surface area contributed by atoms with E-state index in [1.165, 1.54) is 38.6 Å². The highest BCUT2D eigenvalue weighted by molar-refractivity contribution is 4.89. The Morgan fingerprint density at radius 3 is 2.07 bits per heavy atom. The molecule has 0 aliphatic heterocycles. The minimum absolute atomic E-state index is 0.475. The molecule has 0 radical (unpaired) electrons. The molecule has 1 saturated carbocycles. The van der Waals surface area contributed by atoms with Gasteiger partial charge in [0.25, 0.3) is 0 Å². The zero-order valence-corrected chi connectivity index (χ0v) is 10.7. The second kappa shape index (κ2) is 4.22. The van der Waals surface area contributed by atoms with Gasteiger partial charge in [-0.1, -0.05) is 33.6 Å². The molecule has 1 fully saturated rings. The summed E-state index contributed by atoms with van der Waals surface area (Å²) in [4.78, 5) is 2.59. The van der Waals surface area contributed by atoms with Crippen molar-refractivity contribution in [2.45, 2.75) is 65.3 Å². The van der Waals surface area contributed by atoms with E-state index in [0.29, 0.717) is 11.0 Å². The molecule has 0 bridgehead atoms. The van der Waals surface area contributed by atoms with Crippen molar-refractivity contribution in [3.8, 4) is 0 Å². The maximum atomic E-state index is 2.59. The highest BCUT2D eigenvalue weighted by atomic mass is 15.2. The van der Waals surface area contributed by atoms with E-state index in [0.717, 1.165) is 0 Å². The van der Waals surface area contributed by atoms with Crippen LogP contribution in [-0.4, -0.2) is 24.0 Å². The van der Waals surface area contributed by atoms with E-state index in [-0.39, 0.29) is 0 Å². The molecule has 0 spiro atoms. The van der Waals surface area contributed by atoms with E-state index >= 15 is 0 Å². The maximum absolute atomic E-state index is 2.59. The highest BCUT2D eigenvalue weighted by Gasteiger charge is 2.32. The van der Waals surface area contributed by atoms with Crippen LogP contribution in [0.15, 0.2) is 0 Å². The van der Waals surface area contributed by atoms with Gasteiger partial charge in [-0.2, -0.15) is 0 Å². The van der Waals surface area contributed by atoms with Gasteiger partial charge in [0.15, 0.2) is 0 Å². The zero-order valence-electron chi connectivity index (χ0n) is 10.7. The quantitative estimate of drug-likeness (QED) is 0.667. The number of hydrogen-bond acceptors (Lipinski definition) is 1. The van der Waals surface area contributed by atoms with Crippen LogP contribution in [-0.2, 0) is 0 Å². The summed E-state index contributed by atoms with van der Waals surface area (Å²) < 4.78 is 0. The Kier molecular flexibility index (Phi) is 3.63. The minimum atomic E-state index is 0.475. The van der Waals surface area contributed by atoms with Gasteiger partial charge in [-0.25, -0.2) is 0 Å². The third-order valence-electron chi connectivity index (χ3n) is 3.80. The summed E-state index contributed by atoms with van der Waals surface area (Å²) in [5.41, 5.74) is 0.981. The van der Waals surface area contributed by atoms with E-state index in [1.54, 1.807) is 0 Å². The summed E-state index contributed by atoms with van der Waals surface area (Å²) in [7, 11) is 2.30. The van der Waals surface area contributed by atoms with Gasteiger partial charge in [0, 0.05) is 5.54 Å². The Labute approximate surface area is 89.9 Å². The lowest BCUT2D eigenvalue weighted by molar-refractivity contribution is 0.126. The summed E-state index contributed by atoms with van der Waals surface area (Å²) >= 11 is 0. The van der Waals surface area contributed by atoms with E-state index in [4.69, 9.17) is 0 Å². The fraction of sp³-hybridized carbons (Fsp3) is 1.00. The molecule has 0 aromatic carbocycles. The predicted molar refractivity (Wildman–Crippen MR) is 63.6 cm³/mol. The molecule has 0 unspecified atom stereocenters. The summed E-state index contributed by atoms with van der Waals surface area (Å²) in [6, 6.07) is 0. The Morgan fingerprint density at radius 2 is 1.64 bits per heavy atom. The number of rotatable bonds is 3. The summed E-state index contributed by atoms with van der Waals surface area (Å²) in [6.45, 7) is 10.7. The summed E-state index contributed by atoms with van der Waals surface area (Å²) in [5, 5.41) is 0. The molecular formula is C13H27N. The highest BCUT2D eigenvalue weighted by Crippen LogP contribution is 2.34. The Bertz CT molecular complexity index is 172. The molecule has 0 saturated heterocycles. The lowest BCUT2D eigenvalue weighted by Crippen LogP contribution is -2.42. The van der Waals surface area contributed by atoms with Crippen LogP contribution in [0.25, 0.3) is 0 Å². The average Bonchev–Trinajstić information content (AvgIpc) is 2.48. The Balaban J connectivity index is 2.37. The van der Waals surface area contributed by atoms with Crippen molar-refractivity contribution in [3.05, 3.63) is 0 Å². The number of nitrogens with zero attached hydrogens (tertiary/aromatic N) is 1. The van der Waals surface area contributed by atoms with Crippen LogP contribution in [0.3, 0.4) is 0 Å². The number of hydrogen-bond donors (Lipinski definition) is 0. The predicted octanol–water partition coefficient (Wildman–Crippen LogP) is 3.69. The topological polar surface area (TPSA) is 3.24 Å².